The molecule has 1 aromatic carbocycles. The molecule has 166 valence electrons. The number of phenols is 2. The first-order valence-corrected chi connectivity index (χ1v) is 9.89. The summed E-state index contributed by atoms with van der Waals surface area (Å²) in [6.45, 7) is -1.26. The molecule has 3 rings (SSSR count). The normalized spacial score (nSPS) is 18.6. The number of rotatable bonds is 4. The molecule has 0 bridgehead atoms. The molecule has 15 nitrogen and oxygen atoms in total. The van der Waals surface area contributed by atoms with Gasteiger partial charge in [0.05, 0.1) is 13.1 Å². The van der Waals surface area contributed by atoms with Crippen molar-refractivity contribution >= 4 is 40.2 Å². The Labute approximate surface area is 173 Å². The fraction of sp³-hybridized carbons (Fsp3) is 0.267. The van der Waals surface area contributed by atoms with Gasteiger partial charge in [-0.25, -0.2) is 23.4 Å². The van der Waals surface area contributed by atoms with Gasteiger partial charge in [0.25, 0.3) is 11.8 Å². The van der Waals surface area contributed by atoms with Crippen molar-refractivity contribution in [1.29, 1.82) is 0 Å². The summed E-state index contributed by atoms with van der Waals surface area (Å²) in [5.41, 5.74) is -0.199. The van der Waals surface area contributed by atoms with Crippen LogP contribution in [-0.2, 0) is 15.0 Å². The van der Waals surface area contributed by atoms with E-state index >= 15 is 0 Å². The highest BCUT2D eigenvalue weighted by Gasteiger charge is 2.46. The number of carbonyl (C=O) groups is 5. The van der Waals surface area contributed by atoms with Crippen LogP contribution < -0.4 is 10.0 Å². The van der Waals surface area contributed by atoms with Crippen LogP contribution in [0, 0.1) is 0 Å². The standard InChI is InChI=1S/C15H15N5O10S/c21-9-2-1-7(5-10(9)22)11(23)18-3-4-20(15(18)28)31(29,30)17-13(25)19-6-8(12(19)24)16-14(26)27/h1-2,5,8,16,21-22H,3-4,6H2,(H,17,25)(H,26,27). The van der Waals surface area contributed by atoms with E-state index in [4.69, 9.17) is 5.11 Å². The molecule has 0 aliphatic carbocycles. The van der Waals surface area contributed by atoms with Gasteiger partial charge in [0.15, 0.2) is 11.5 Å². The SMILES string of the molecule is O=C(O)NC1CN(C(=O)NS(=O)(=O)N2CCN(C(=O)c3ccc(O)c(O)c3)C2=O)C1=O. The Morgan fingerprint density at radius 1 is 1.03 bits per heavy atom. The molecule has 1 atom stereocenters. The number of likely N-dealkylation sites (tertiary alicyclic amines) is 1. The van der Waals surface area contributed by atoms with Crippen LogP contribution in [0.25, 0.3) is 0 Å². The minimum Gasteiger partial charge on any atom is -0.504 e. The van der Waals surface area contributed by atoms with E-state index in [0.29, 0.717) is 9.80 Å². The number of aromatic hydroxyl groups is 2. The molecule has 7 amide bonds. The van der Waals surface area contributed by atoms with E-state index in [1.54, 1.807) is 0 Å². The second-order valence-electron chi connectivity index (χ2n) is 6.38. The fourth-order valence-corrected chi connectivity index (χ4v) is 3.89. The molecule has 5 N–H and O–H groups in total. The van der Waals surface area contributed by atoms with Gasteiger partial charge in [-0.15, -0.1) is 0 Å². The van der Waals surface area contributed by atoms with Crippen LogP contribution in [0.15, 0.2) is 18.2 Å². The second-order valence-corrected chi connectivity index (χ2v) is 7.97. The molecule has 0 aromatic heterocycles. The highest BCUT2D eigenvalue weighted by atomic mass is 32.2. The number of hydrogen-bond acceptors (Lipinski definition) is 9. The first-order chi connectivity index (χ1) is 14.4. The summed E-state index contributed by atoms with van der Waals surface area (Å²) in [6, 6.07) is -0.863. The Bertz CT molecular complexity index is 1100. The zero-order chi connectivity index (χ0) is 23.1. The van der Waals surface area contributed by atoms with Crippen molar-refractivity contribution in [1.82, 2.24) is 24.1 Å². The number of urea groups is 2. The summed E-state index contributed by atoms with van der Waals surface area (Å²) in [7, 11) is -4.79. The van der Waals surface area contributed by atoms with Crippen molar-refractivity contribution in [2.75, 3.05) is 19.6 Å². The smallest absolute Gasteiger partial charge is 0.405 e. The Balaban J connectivity index is 1.66. The number of hydrogen-bond donors (Lipinski definition) is 5. The predicted molar refractivity (Wildman–Crippen MR) is 97.0 cm³/mol. The maximum atomic E-state index is 12.4. The van der Waals surface area contributed by atoms with Crippen molar-refractivity contribution in [2.45, 2.75) is 6.04 Å². The van der Waals surface area contributed by atoms with Crippen LogP contribution in [0.1, 0.15) is 10.4 Å². The maximum Gasteiger partial charge on any atom is 0.405 e. The number of nitrogens with zero attached hydrogens (tertiary/aromatic N) is 3. The van der Waals surface area contributed by atoms with E-state index in [-0.39, 0.29) is 16.4 Å². The number of nitrogens with one attached hydrogen (secondary N) is 2. The lowest BCUT2D eigenvalue weighted by molar-refractivity contribution is -0.138. The number of β-lactam (4-membered cyclic amide) rings is 1. The molecule has 16 heteroatoms. The van der Waals surface area contributed by atoms with Crippen molar-refractivity contribution in [3.05, 3.63) is 23.8 Å². The average Bonchev–Trinajstić information content (AvgIpc) is 3.07. The van der Waals surface area contributed by atoms with Crippen molar-refractivity contribution < 1.29 is 47.7 Å². The zero-order valence-electron chi connectivity index (χ0n) is 15.4. The lowest BCUT2D eigenvalue weighted by atomic mass is 10.1. The van der Waals surface area contributed by atoms with E-state index in [9.17, 15) is 42.6 Å². The Morgan fingerprint density at radius 3 is 2.29 bits per heavy atom. The molecule has 2 saturated heterocycles. The highest BCUT2D eigenvalue weighted by Crippen LogP contribution is 2.26. The highest BCUT2D eigenvalue weighted by molar-refractivity contribution is 7.88. The number of carboxylic acid groups (broad SMARTS) is 1. The summed E-state index contributed by atoms with van der Waals surface area (Å²) < 4.78 is 26.5. The summed E-state index contributed by atoms with van der Waals surface area (Å²) in [4.78, 5) is 60.1. The largest absolute Gasteiger partial charge is 0.504 e. The van der Waals surface area contributed by atoms with Crippen LogP contribution in [0.2, 0.25) is 0 Å². The van der Waals surface area contributed by atoms with Crippen molar-refractivity contribution in [2.24, 2.45) is 0 Å². The van der Waals surface area contributed by atoms with Crippen LogP contribution in [0.4, 0.5) is 14.4 Å². The lowest BCUT2D eigenvalue weighted by Crippen LogP contribution is -2.67. The predicted octanol–water partition coefficient (Wildman–Crippen LogP) is -1.59. The van der Waals surface area contributed by atoms with Gasteiger partial charge >= 0.3 is 28.4 Å². The van der Waals surface area contributed by atoms with Gasteiger partial charge in [-0.3, -0.25) is 19.4 Å². The topological polar surface area (TPSA) is 214 Å². The minimum absolute atomic E-state index is 0.199. The molecule has 2 aliphatic rings. The Morgan fingerprint density at radius 2 is 1.71 bits per heavy atom. The minimum atomic E-state index is -4.79. The molecular weight excluding hydrogens is 442 g/mol. The summed E-state index contributed by atoms with van der Waals surface area (Å²) in [6.07, 6.45) is -1.50. The number of carbonyl (C=O) groups excluding carboxylic acids is 4. The Hall–Kier alpha value is -4.08. The number of amides is 7. The van der Waals surface area contributed by atoms with E-state index in [2.05, 4.69) is 0 Å². The molecule has 2 aliphatic heterocycles. The van der Waals surface area contributed by atoms with Gasteiger partial charge in [0.1, 0.15) is 6.04 Å². The first-order valence-electron chi connectivity index (χ1n) is 8.45. The molecule has 0 radical (unpaired) electrons. The molecular formula is C15H15N5O10S. The Kier molecular flexibility index (Phi) is 5.32. The van der Waals surface area contributed by atoms with Crippen LogP contribution in [-0.4, -0.2) is 93.5 Å². The monoisotopic (exact) mass is 457 g/mol. The van der Waals surface area contributed by atoms with Crippen molar-refractivity contribution in [3.63, 3.8) is 0 Å². The van der Waals surface area contributed by atoms with E-state index in [0.717, 1.165) is 18.2 Å². The van der Waals surface area contributed by atoms with Crippen LogP contribution in [0.3, 0.4) is 0 Å². The van der Waals surface area contributed by atoms with E-state index in [1.807, 2.05) is 5.32 Å². The fourth-order valence-electron chi connectivity index (χ4n) is 2.83. The number of phenolic OH excluding ortho intramolecular Hbond substituents is 2. The molecule has 0 saturated carbocycles. The van der Waals surface area contributed by atoms with Gasteiger partial charge in [0.2, 0.25) is 0 Å². The molecule has 1 aromatic rings. The molecule has 2 fully saturated rings. The molecule has 0 spiro atoms. The third kappa shape index (κ3) is 4.00. The van der Waals surface area contributed by atoms with Crippen LogP contribution in [0.5, 0.6) is 11.5 Å². The van der Waals surface area contributed by atoms with Gasteiger partial charge < -0.3 is 20.6 Å². The first kappa shape index (κ1) is 21.6. The average molecular weight is 457 g/mol. The molecule has 31 heavy (non-hydrogen) atoms. The molecule has 2 heterocycles. The maximum absolute atomic E-state index is 12.4. The van der Waals surface area contributed by atoms with Gasteiger partial charge in [-0.05, 0) is 18.2 Å². The summed E-state index contributed by atoms with van der Waals surface area (Å²) in [5, 5.41) is 29.2. The van der Waals surface area contributed by atoms with Gasteiger partial charge in [-0.2, -0.15) is 8.42 Å². The second kappa shape index (κ2) is 7.63. The van der Waals surface area contributed by atoms with Gasteiger partial charge in [0, 0.05) is 12.1 Å². The zero-order valence-corrected chi connectivity index (χ0v) is 16.2. The third-order valence-electron chi connectivity index (χ3n) is 4.42. The van der Waals surface area contributed by atoms with Gasteiger partial charge in [-0.1, -0.05) is 0 Å². The number of benzene rings is 1. The summed E-state index contributed by atoms with van der Waals surface area (Å²) >= 11 is 0. The van der Waals surface area contributed by atoms with E-state index < -0.39 is 70.8 Å². The van der Waals surface area contributed by atoms with Crippen LogP contribution >= 0.6 is 0 Å². The number of imide groups is 2. The lowest BCUT2D eigenvalue weighted by Gasteiger charge is -2.36. The molecule has 1 unspecified atom stereocenters. The third-order valence-corrected chi connectivity index (χ3v) is 5.77. The quantitative estimate of drug-likeness (QED) is 0.258. The van der Waals surface area contributed by atoms with Crippen molar-refractivity contribution in [3.8, 4) is 11.5 Å². The van der Waals surface area contributed by atoms with E-state index in [1.165, 1.54) is 4.72 Å². The summed E-state index contributed by atoms with van der Waals surface area (Å²) in [5.74, 6) is -3.06.